The third kappa shape index (κ3) is 4.22. The molecule has 0 bridgehead atoms. The molecule has 0 saturated heterocycles. The smallest absolute Gasteiger partial charge is 0.311 e. The second-order valence-electron chi connectivity index (χ2n) is 4.10. The standard InChI is InChI=1S/C12H16N2O5/c1-13(2)12(16)5-6-19-11-4-3-9(8-15)7-10(11)14(17)18/h3-4,7,15H,5-6,8H2,1-2H3. The van der Waals surface area contributed by atoms with Gasteiger partial charge in [0.1, 0.15) is 0 Å². The molecule has 0 aliphatic rings. The number of carbonyl (C=O) groups excluding carboxylic acids is 1. The molecule has 1 aromatic carbocycles. The molecule has 7 nitrogen and oxygen atoms in total. The van der Waals surface area contributed by atoms with E-state index in [2.05, 4.69) is 0 Å². The third-order valence-corrected chi connectivity index (χ3v) is 2.47. The van der Waals surface area contributed by atoms with Crippen molar-refractivity contribution < 1.29 is 19.6 Å². The van der Waals surface area contributed by atoms with Crippen molar-refractivity contribution in [3.63, 3.8) is 0 Å². The molecular formula is C12H16N2O5. The van der Waals surface area contributed by atoms with E-state index in [0.29, 0.717) is 5.56 Å². The van der Waals surface area contributed by atoms with Crippen molar-refractivity contribution >= 4 is 11.6 Å². The van der Waals surface area contributed by atoms with E-state index in [9.17, 15) is 14.9 Å². The maximum Gasteiger partial charge on any atom is 0.311 e. The second kappa shape index (κ2) is 6.69. The summed E-state index contributed by atoms with van der Waals surface area (Å²) in [6.07, 6.45) is 0.145. The summed E-state index contributed by atoms with van der Waals surface area (Å²) in [5.74, 6) is -0.0246. The number of nitro groups is 1. The second-order valence-corrected chi connectivity index (χ2v) is 4.10. The van der Waals surface area contributed by atoms with Crippen molar-refractivity contribution in [3.8, 4) is 5.75 Å². The first-order valence-electron chi connectivity index (χ1n) is 5.67. The van der Waals surface area contributed by atoms with Crippen LogP contribution in [0.3, 0.4) is 0 Å². The lowest BCUT2D eigenvalue weighted by molar-refractivity contribution is -0.386. The Morgan fingerprint density at radius 2 is 2.16 bits per heavy atom. The van der Waals surface area contributed by atoms with Crippen LogP contribution >= 0.6 is 0 Å². The Balaban J connectivity index is 2.72. The summed E-state index contributed by atoms with van der Waals surface area (Å²) in [6, 6.07) is 4.21. The Kier molecular flexibility index (Phi) is 5.25. The predicted octanol–water partition coefficient (Wildman–Crippen LogP) is 0.944. The average Bonchev–Trinajstić information content (AvgIpc) is 2.38. The maximum atomic E-state index is 11.3. The van der Waals surface area contributed by atoms with Gasteiger partial charge in [-0.25, -0.2) is 0 Å². The van der Waals surface area contributed by atoms with Gasteiger partial charge in [-0.1, -0.05) is 6.07 Å². The summed E-state index contributed by atoms with van der Waals surface area (Å²) >= 11 is 0. The molecule has 0 fully saturated rings. The minimum atomic E-state index is -0.581. The number of amides is 1. The van der Waals surface area contributed by atoms with Crippen molar-refractivity contribution in [1.82, 2.24) is 4.90 Å². The summed E-state index contributed by atoms with van der Waals surface area (Å²) in [5, 5.41) is 19.8. The summed E-state index contributed by atoms with van der Waals surface area (Å²) < 4.78 is 5.25. The molecule has 0 unspecified atom stereocenters. The highest BCUT2D eigenvalue weighted by Gasteiger charge is 2.16. The lowest BCUT2D eigenvalue weighted by atomic mass is 10.2. The summed E-state index contributed by atoms with van der Waals surface area (Å²) in [5.41, 5.74) is 0.215. The van der Waals surface area contributed by atoms with Crippen molar-refractivity contribution in [2.75, 3.05) is 20.7 Å². The van der Waals surface area contributed by atoms with Crippen LogP contribution in [0.15, 0.2) is 18.2 Å². The van der Waals surface area contributed by atoms with Crippen molar-refractivity contribution in [1.29, 1.82) is 0 Å². The number of rotatable bonds is 6. The number of benzene rings is 1. The Hall–Kier alpha value is -2.15. The average molecular weight is 268 g/mol. The number of nitrogens with zero attached hydrogens (tertiary/aromatic N) is 2. The number of nitro benzene ring substituents is 1. The molecule has 0 aliphatic carbocycles. The number of aliphatic hydroxyl groups is 1. The third-order valence-electron chi connectivity index (χ3n) is 2.47. The zero-order chi connectivity index (χ0) is 14.4. The van der Waals surface area contributed by atoms with Gasteiger partial charge in [-0.15, -0.1) is 0 Å². The van der Waals surface area contributed by atoms with Gasteiger partial charge in [-0.3, -0.25) is 14.9 Å². The molecule has 7 heteroatoms. The van der Waals surface area contributed by atoms with Gasteiger partial charge >= 0.3 is 5.69 Å². The Morgan fingerprint density at radius 3 is 2.68 bits per heavy atom. The normalized spacial score (nSPS) is 10.1. The first-order valence-corrected chi connectivity index (χ1v) is 5.67. The first kappa shape index (κ1) is 14.9. The molecule has 19 heavy (non-hydrogen) atoms. The Bertz CT molecular complexity index is 473. The lowest BCUT2D eigenvalue weighted by Gasteiger charge is -2.11. The van der Waals surface area contributed by atoms with Crippen LogP contribution in [0.25, 0.3) is 0 Å². The van der Waals surface area contributed by atoms with Gasteiger partial charge < -0.3 is 14.7 Å². The number of hydrogen-bond donors (Lipinski definition) is 1. The fourth-order valence-corrected chi connectivity index (χ4v) is 1.40. The molecule has 1 N–H and O–H groups in total. The number of aliphatic hydroxyl groups excluding tert-OH is 1. The highest BCUT2D eigenvalue weighted by Crippen LogP contribution is 2.28. The predicted molar refractivity (Wildman–Crippen MR) is 67.8 cm³/mol. The fourth-order valence-electron chi connectivity index (χ4n) is 1.40. The van der Waals surface area contributed by atoms with E-state index in [0.717, 1.165) is 0 Å². The van der Waals surface area contributed by atoms with Crippen LogP contribution in [0.2, 0.25) is 0 Å². The van der Waals surface area contributed by atoms with Gasteiger partial charge in [0, 0.05) is 20.2 Å². The van der Waals surface area contributed by atoms with Crippen LogP contribution in [-0.2, 0) is 11.4 Å². The molecule has 1 rings (SSSR count). The number of carbonyl (C=O) groups is 1. The fraction of sp³-hybridized carbons (Fsp3) is 0.417. The highest BCUT2D eigenvalue weighted by atomic mass is 16.6. The van der Waals surface area contributed by atoms with E-state index in [1.165, 1.54) is 23.1 Å². The molecular weight excluding hydrogens is 252 g/mol. The van der Waals surface area contributed by atoms with Crippen LogP contribution in [0.4, 0.5) is 5.69 Å². The van der Waals surface area contributed by atoms with E-state index in [-0.39, 0.29) is 37.0 Å². The molecule has 0 spiro atoms. The molecule has 0 heterocycles. The minimum Gasteiger partial charge on any atom is -0.486 e. The zero-order valence-corrected chi connectivity index (χ0v) is 10.8. The molecule has 1 aromatic rings. The topological polar surface area (TPSA) is 92.9 Å². The van der Waals surface area contributed by atoms with E-state index >= 15 is 0 Å². The largest absolute Gasteiger partial charge is 0.486 e. The monoisotopic (exact) mass is 268 g/mol. The number of hydrogen-bond acceptors (Lipinski definition) is 5. The Labute approximate surface area is 110 Å². The minimum absolute atomic E-state index is 0.0658. The molecule has 0 aromatic heterocycles. The van der Waals surface area contributed by atoms with Crippen LogP contribution in [0.1, 0.15) is 12.0 Å². The van der Waals surface area contributed by atoms with Crippen LogP contribution < -0.4 is 4.74 Å². The number of ether oxygens (including phenoxy) is 1. The van der Waals surface area contributed by atoms with E-state index in [1.807, 2.05) is 0 Å². The van der Waals surface area contributed by atoms with Crippen molar-refractivity contribution in [3.05, 3.63) is 33.9 Å². The molecule has 1 amide bonds. The van der Waals surface area contributed by atoms with E-state index < -0.39 is 4.92 Å². The van der Waals surface area contributed by atoms with Crippen LogP contribution in [0.5, 0.6) is 5.75 Å². The lowest BCUT2D eigenvalue weighted by Crippen LogP contribution is -2.23. The van der Waals surface area contributed by atoms with Crippen molar-refractivity contribution in [2.24, 2.45) is 0 Å². The van der Waals surface area contributed by atoms with Crippen LogP contribution in [-0.4, -0.2) is 41.5 Å². The summed E-state index contributed by atoms with van der Waals surface area (Å²) in [6.45, 7) is -0.212. The van der Waals surface area contributed by atoms with Gasteiger partial charge in [-0.05, 0) is 11.6 Å². The van der Waals surface area contributed by atoms with Gasteiger partial charge in [-0.2, -0.15) is 0 Å². The summed E-state index contributed by atoms with van der Waals surface area (Å²) in [7, 11) is 3.25. The highest BCUT2D eigenvalue weighted by molar-refractivity contribution is 5.75. The maximum absolute atomic E-state index is 11.3. The molecule has 0 radical (unpaired) electrons. The quantitative estimate of drug-likeness (QED) is 0.612. The molecule has 0 saturated carbocycles. The zero-order valence-electron chi connectivity index (χ0n) is 10.8. The Morgan fingerprint density at radius 1 is 1.47 bits per heavy atom. The molecule has 0 aliphatic heterocycles. The van der Waals surface area contributed by atoms with Gasteiger partial charge in [0.15, 0.2) is 5.75 Å². The molecule has 0 atom stereocenters. The SMILES string of the molecule is CN(C)C(=O)CCOc1ccc(CO)cc1[N+](=O)[O-]. The van der Waals surface area contributed by atoms with Crippen LogP contribution in [0, 0.1) is 10.1 Å². The van der Waals surface area contributed by atoms with Gasteiger partial charge in [0.2, 0.25) is 5.91 Å². The van der Waals surface area contributed by atoms with Gasteiger partial charge in [0.05, 0.1) is 24.6 Å². The first-order chi connectivity index (χ1) is 8.95. The van der Waals surface area contributed by atoms with Crippen molar-refractivity contribution in [2.45, 2.75) is 13.0 Å². The van der Waals surface area contributed by atoms with Gasteiger partial charge in [0.25, 0.3) is 0 Å². The molecule has 104 valence electrons. The van der Waals surface area contributed by atoms with E-state index in [4.69, 9.17) is 9.84 Å². The van der Waals surface area contributed by atoms with E-state index in [1.54, 1.807) is 14.1 Å². The summed E-state index contributed by atoms with van der Waals surface area (Å²) in [4.78, 5) is 23.0.